The molecule has 0 saturated carbocycles. The minimum absolute atomic E-state index is 0.0554. The van der Waals surface area contributed by atoms with Crippen molar-refractivity contribution in [1.29, 1.82) is 0 Å². The van der Waals surface area contributed by atoms with Crippen LogP contribution in [0.3, 0.4) is 0 Å². The van der Waals surface area contributed by atoms with E-state index in [0.29, 0.717) is 50.1 Å². The van der Waals surface area contributed by atoms with E-state index in [0.717, 1.165) is 73.3 Å². The molecule has 6 aromatic rings. The summed E-state index contributed by atoms with van der Waals surface area (Å²) in [6.07, 6.45) is 4.74. The highest BCUT2D eigenvalue weighted by Gasteiger charge is 2.34. The summed E-state index contributed by atoms with van der Waals surface area (Å²) in [7, 11) is 1.80. The number of hydrogen-bond acceptors (Lipinski definition) is 8. The molecule has 1 aromatic heterocycles. The fourth-order valence-corrected chi connectivity index (χ4v) is 9.61. The summed E-state index contributed by atoms with van der Waals surface area (Å²) >= 11 is 0. The number of piperazine rings is 1. The summed E-state index contributed by atoms with van der Waals surface area (Å²) < 4.78 is 20.2. The van der Waals surface area contributed by atoms with Gasteiger partial charge in [0.2, 0.25) is 11.8 Å². The van der Waals surface area contributed by atoms with Crippen molar-refractivity contribution in [1.82, 2.24) is 24.9 Å². The number of nitrogens with zero attached hydrogens (tertiary/aromatic N) is 4. The Labute approximate surface area is 368 Å². The third-order valence-corrected chi connectivity index (χ3v) is 12.9. The Morgan fingerprint density at radius 3 is 2.29 bits per heavy atom. The quantitative estimate of drug-likeness (QED) is 0.0820. The predicted molar refractivity (Wildman–Crippen MR) is 242 cm³/mol. The number of ether oxygens (including phenoxy) is 3. The molecule has 63 heavy (non-hydrogen) atoms. The molecule has 9 rings (SSSR count). The third kappa shape index (κ3) is 9.64. The van der Waals surface area contributed by atoms with Crippen LogP contribution in [-0.4, -0.2) is 83.2 Å². The normalized spacial score (nSPS) is 19.1. The standard InChI is InChI=1S/C52H55N5O6/c1-55-51-44(50(54-55)45-25-26-47(58)53-52(45)60)15-10-16-46(51)63-35-48(59)57-30-28-56(29-31-57)27-8-9-32-61-40-20-17-38(18-21-40)49-42(37-13-6-3-7-14-37)23-19-39-33-41(22-24-43(39)49)62-34-36-11-4-2-5-12-36/h2-7,10-18,20-22,24,33,42,45,49H,8-9,19,23,25-32,34-35H2,1H3,(H,53,58,60)/t42-,45?,49+/m1/s1. The van der Waals surface area contributed by atoms with Gasteiger partial charge in [0.25, 0.3) is 5.91 Å². The average molecular weight is 846 g/mol. The van der Waals surface area contributed by atoms with Gasteiger partial charge in [0.1, 0.15) is 29.4 Å². The lowest BCUT2D eigenvalue weighted by molar-refractivity contribution is -0.135. The Balaban J connectivity index is 0.732. The van der Waals surface area contributed by atoms with Gasteiger partial charge in [-0.1, -0.05) is 91.0 Å². The van der Waals surface area contributed by atoms with Crippen molar-refractivity contribution in [2.75, 3.05) is 45.9 Å². The molecule has 3 heterocycles. The van der Waals surface area contributed by atoms with Gasteiger partial charge in [-0.15, -0.1) is 0 Å². The SMILES string of the molecule is Cn1nc(C2CCC(=O)NC2=O)c2cccc(OCC(=O)N3CCN(CCCCOc4ccc([C@@H]5c6ccc(OCc7ccccc7)cc6CC[C@@H]5c5ccccc5)cc4)CC3)c21. The number of hydrogen-bond donors (Lipinski definition) is 1. The third-order valence-electron chi connectivity index (χ3n) is 12.9. The molecule has 11 heteroatoms. The van der Waals surface area contributed by atoms with Crippen LogP contribution in [0.4, 0.5) is 0 Å². The van der Waals surface area contributed by atoms with Gasteiger partial charge in [0.15, 0.2) is 6.61 Å². The van der Waals surface area contributed by atoms with Crippen molar-refractivity contribution in [3.05, 3.63) is 155 Å². The molecule has 2 fully saturated rings. The highest BCUT2D eigenvalue weighted by Crippen LogP contribution is 2.47. The molecule has 2 aliphatic heterocycles. The average Bonchev–Trinajstić information content (AvgIpc) is 3.66. The highest BCUT2D eigenvalue weighted by molar-refractivity contribution is 6.03. The number of fused-ring (bicyclic) bond motifs is 2. The van der Waals surface area contributed by atoms with Crippen LogP contribution in [0.2, 0.25) is 0 Å². The fraction of sp³-hybridized carbons (Fsp3) is 0.346. The number of rotatable bonds is 15. The molecule has 0 spiro atoms. The molecule has 3 atom stereocenters. The van der Waals surface area contributed by atoms with Crippen molar-refractivity contribution in [2.45, 2.75) is 62.9 Å². The van der Waals surface area contributed by atoms with Crippen molar-refractivity contribution in [3.8, 4) is 17.2 Å². The Kier molecular flexibility index (Phi) is 12.8. The Morgan fingerprint density at radius 2 is 1.51 bits per heavy atom. The zero-order valence-corrected chi connectivity index (χ0v) is 35.9. The van der Waals surface area contributed by atoms with Gasteiger partial charge in [-0.2, -0.15) is 5.10 Å². The van der Waals surface area contributed by atoms with E-state index in [1.165, 1.54) is 22.3 Å². The second-order valence-electron chi connectivity index (χ2n) is 17.0. The highest BCUT2D eigenvalue weighted by atomic mass is 16.5. The molecule has 324 valence electrons. The van der Waals surface area contributed by atoms with E-state index in [9.17, 15) is 14.4 Å². The summed E-state index contributed by atoms with van der Waals surface area (Å²) in [5.74, 6) is 1.81. The van der Waals surface area contributed by atoms with Crippen molar-refractivity contribution < 1.29 is 28.6 Å². The number of benzene rings is 5. The molecular formula is C52H55N5O6. The molecule has 0 radical (unpaired) electrons. The molecule has 0 bridgehead atoms. The van der Waals surface area contributed by atoms with E-state index >= 15 is 0 Å². The maximum atomic E-state index is 13.2. The number of imide groups is 1. The van der Waals surface area contributed by atoms with Gasteiger partial charge in [0.05, 0.1) is 18.2 Å². The van der Waals surface area contributed by atoms with Crippen LogP contribution in [-0.2, 0) is 34.5 Å². The number of para-hydroxylation sites is 1. The number of amides is 3. The maximum absolute atomic E-state index is 13.2. The molecule has 5 aromatic carbocycles. The summed E-state index contributed by atoms with van der Waals surface area (Å²) in [5, 5.41) is 7.83. The summed E-state index contributed by atoms with van der Waals surface area (Å²) in [6.45, 7) is 5.03. The van der Waals surface area contributed by atoms with Crippen LogP contribution >= 0.6 is 0 Å². The molecule has 1 unspecified atom stereocenters. The predicted octanol–water partition coefficient (Wildman–Crippen LogP) is 7.92. The number of aromatic nitrogens is 2. The van der Waals surface area contributed by atoms with Gasteiger partial charge >= 0.3 is 0 Å². The zero-order chi connectivity index (χ0) is 43.1. The molecule has 1 N–H and O–H groups in total. The van der Waals surface area contributed by atoms with Gasteiger partial charge in [-0.3, -0.25) is 29.3 Å². The molecule has 3 aliphatic rings. The monoisotopic (exact) mass is 845 g/mol. The van der Waals surface area contributed by atoms with Crippen LogP contribution in [0.25, 0.3) is 10.9 Å². The van der Waals surface area contributed by atoms with Crippen molar-refractivity contribution in [3.63, 3.8) is 0 Å². The minimum Gasteiger partial charge on any atom is -0.494 e. The number of unbranched alkanes of at least 4 members (excludes halogenated alkanes) is 1. The summed E-state index contributed by atoms with van der Waals surface area (Å²) in [5.41, 5.74) is 7.90. The molecule has 11 nitrogen and oxygen atoms in total. The van der Waals surface area contributed by atoms with Crippen LogP contribution in [0.15, 0.2) is 121 Å². The van der Waals surface area contributed by atoms with E-state index in [2.05, 4.69) is 100 Å². The van der Waals surface area contributed by atoms with E-state index in [4.69, 9.17) is 14.2 Å². The second kappa shape index (κ2) is 19.3. The Morgan fingerprint density at radius 1 is 0.746 bits per heavy atom. The molecule has 3 amide bonds. The number of carbonyl (C=O) groups excluding carboxylic acids is 3. The topological polar surface area (TPSA) is 115 Å². The number of carbonyl (C=O) groups is 3. The molecule has 2 saturated heterocycles. The van der Waals surface area contributed by atoms with Crippen LogP contribution in [0, 0.1) is 0 Å². The molecular weight excluding hydrogens is 791 g/mol. The first-order chi connectivity index (χ1) is 30.9. The zero-order valence-electron chi connectivity index (χ0n) is 35.9. The van der Waals surface area contributed by atoms with Gasteiger partial charge < -0.3 is 19.1 Å². The largest absolute Gasteiger partial charge is 0.494 e. The Hall–Kier alpha value is -6.46. The fourth-order valence-electron chi connectivity index (χ4n) is 9.61. The lowest BCUT2D eigenvalue weighted by Gasteiger charge is -2.35. The van der Waals surface area contributed by atoms with E-state index in [-0.39, 0.29) is 36.7 Å². The lowest BCUT2D eigenvalue weighted by atomic mass is 9.69. The van der Waals surface area contributed by atoms with Crippen LogP contribution < -0.4 is 19.5 Å². The number of nitrogens with one attached hydrogen (secondary N) is 1. The first kappa shape index (κ1) is 41.9. The van der Waals surface area contributed by atoms with Gasteiger partial charge in [0, 0.05) is 51.0 Å². The van der Waals surface area contributed by atoms with Gasteiger partial charge in [-0.25, -0.2) is 0 Å². The minimum atomic E-state index is -0.507. The maximum Gasteiger partial charge on any atom is 0.260 e. The van der Waals surface area contributed by atoms with Crippen molar-refractivity contribution >= 4 is 28.6 Å². The first-order valence-electron chi connectivity index (χ1n) is 22.4. The Bertz CT molecular complexity index is 2530. The van der Waals surface area contributed by atoms with Crippen molar-refractivity contribution in [2.24, 2.45) is 7.05 Å². The van der Waals surface area contributed by atoms with E-state index in [1.807, 2.05) is 41.3 Å². The van der Waals surface area contributed by atoms with E-state index < -0.39 is 5.92 Å². The smallest absolute Gasteiger partial charge is 0.260 e. The number of aryl methyl sites for hydroxylation is 2. The summed E-state index contributed by atoms with van der Waals surface area (Å²) in [6, 6.07) is 42.2. The summed E-state index contributed by atoms with van der Waals surface area (Å²) in [4.78, 5) is 41.8. The van der Waals surface area contributed by atoms with Crippen LogP contribution in [0.1, 0.15) is 83.4 Å². The second-order valence-corrected chi connectivity index (χ2v) is 17.0. The van der Waals surface area contributed by atoms with Crippen LogP contribution in [0.5, 0.6) is 17.2 Å². The molecule has 1 aliphatic carbocycles. The number of piperidine rings is 1. The lowest BCUT2D eigenvalue weighted by Crippen LogP contribution is -2.50. The van der Waals surface area contributed by atoms with E-state index in [1.54, 1.807) is 11.7 Å². The first-order valence-corrected chi connectivity index (χ1v) is 22.4. The van der Waals surface area contributed by atoms with Gasteiger partial charge in [-0.05, 0) is 103 Å².